The molecule has 0 amide bonds. The van der Waals surface area contributed by atoms with Crippen LogP contribution in [0, 0.1) is 5.92 Å². The van der Waals surface area contributed by atoms with Gasteiger partial charge in [0.2, 0.25) is 0 Å². The van der Waals surface area contributed by atoms with Crippen molar-refractivity contribution in [2.75, 3.05) is 6.61 Å². The van der Waals surface area contributed by atoms with Crippen LogP contribution < -0.4 is 5.32 Å². The SMILES string of the molecule is CC1CCCC(CO)(NCc2ccsc2)C1. The zero-order chi connectivity index (χ0) is 11.4. The standard InChI is InChI=1S/C13H21NOS/c1-11-3-2-5-13(7-11,10-15)14-8-12-4-6-16-9-12/h4,6,9,11,14-15H,2-3,5,7-8,10H2,1H3. The Kier molecular flexibility index (Phi) is 4.00. The van der Waals surface area contributed by atoms with E-state index in [-0.39, 0.29) is 12.1 Å². The zero-order valence-electron chi connectivity index (χ0n) is 9.91. The van der Waals surface area contributed by atoms with Gasteiger partial charge in [-0.25, -0.2) is 0 Å². The van der Waals surface area contributed by atoms with Crippen molar-refractivity contribution in [1.82, 2.24) is 5.32 Å². The summed E-state index contributed by atoms with van der Waals surface area (Å²) in [4.78, 5) is 0. The van der Waals surface area contributed by atoms with Crippen LogP contribution >= 0.6 is 11.3 Å². The van der Waals surface area contributed by atoms with Crippen LogP contribution in [0.2, 0.25) is 0 Å². The highest BCUT2D eigenvalue weighted by Gasteiger charge is 2.33. The van der Waals surface area contributed by atoms with Crippen LogP contribution in [0.1, 0.15) is 38.2 Å². The summed E-state index contributed by atoms with van der Waals surface area (Å²) >= 11 is 1.73. The van der Waals surface area contributed by atoms with Gasteiger partial charge in [0, 0.05) is 12.1 Å². The van der Waals surface area contributed by atoms with Gasteiger partial charge in [-0.2, -0.15) is 11.3 Å². The molecule has 0 saturated heterocycles. The van der Waals surface area contributed by atoms with Gasteiger partial charge in [-0.15, -0.1) is 0 Å². The third-order valence-electron chi connectivity index (χ3n) is 3.64. The first-order valence-corrected chi connectivity index (χ1v) is 7.05. The van der Waals surface area contributed by atoms with E-state index in [0.717, 1.165) is 25.3 Å². The summed E-state index contributed by atoms with van der Waals surface area (Å²) < 4.78 is 0. The lowest BCUT2D eigenvalue weighted by atomic mass is 9.77. The van der Waals surface area contributed by atoms with Gasteiger partial charge in [-0.05, 0) is 41.1 Å². The molecule has 1 aromatic rings. The number of nitrogens with one attached hydrogen (secondary N) is 1. The normalized spacial score (nSPS) is 30.5. The number of hydrogen-bond donors (Lipinski definition) is 2. The minimum absolute atomic E-state index is 0.0282. The highest BCUT2D eigenvalue weighted by molar-refractivity contribution is 7.07. The Bertz CT molecular complexity index is 312. The molecule has 2 nitrogen and oxygen atoms in total. The molecular formula is C13H21NOS. The fourth-order valence-corrected chi connectivity index (χ4v) is 3.37. The quantitative estimate of drug-likeness (QED) is 0.847. The van der Waals surface area contributed by atoms with E-state index in [9.17, 15) is 5.11 Å². The molecule has 1 aromatic heterocycles. The van der Waals surface area contributed by atoms with Crippen molar-refractivity contribution in [3.8, 4) is 0 Å². The molecule has 2 rings (SSSR count). The van der Waals surface area contributed by atoms with Crippen molar-refractivity contribution in [1.29, 1.82) is 0 Å². The van der Waals surface area contributed by atoms with Crippen molar-refractivity contribution in [3.63, 3.8) is 0 Å². The Hall–Kier alpha value is -0.380. The van der Waals surface area contributed by atoms with Gasteiger partial charge in [0.05, 0.1) is 6.61 Å². The molecule has 0 aliphatic heterocycles. The summed E-state index contributed by atoms with van der Waals surface area (Å²) in [6.07, 6.45) is 4.76. The second kappa shape index (κ2) is 5.30. The van der Waals surface area contributed by atoms with E-state index >= 15 is 0 Å². The van der Waals surface area contributed by atoms with E-state index in [1.54, 1.807) is 11.3 Å². The molecule has 1 aliphatic rings. The molecule has 1 saturated carbocycles. The van der Waals surface area contributed by atoms with Gasteiger partial charge in [-0.1, -0.05) is 19.8 Å². The second-order valence-corrected chi connectivity index (χ2v) is 5.91. The average molecular weight is 239 g/mol. The van der Waals surface area contributed by atoms with E-state index in [4.69, 9.17) is 0 Å². The topological polar surface area (TPSA) is 32.3 Å². The predicted octanol–water partition coefficient (Wildman–Crippen LogP) is 2.78. The second-order valence-electron chi connectivity index (χ2n) is 5.13. The fraction of sp³-hybridized carbons (Fsp3) is 0.692. The number of hydrogen-bond acceptors (Lipinski definition) is 3. The monoisotopic (exact) mass is 239 g/mol. The number of aliphatic hydroxyl groups is 1. The molecule has 16 heavy (non-hydrogen) atoms. The summed E-state index contributed by atoms with van der Waals surface area (Å²) in [6.45, 7) is 3.44. The van der Waals surface area contributed by atoms with Crippen LogP contribution in [-0.4, -0.2) is 17.3 Å². The van der Waals surface area contributed by atoms with Gasteiger partial charge < -0.3 is 10.4 Å². The molecular weight excluding hydrogens is 218 g/mol. The molecule has 2 atom stereocenters. The van der Waals surface area contributed by atoms with Crippen LogP contribution in [0.3, 0.4) is 0 Å². The van der Waals surface area contributed by atoms with Crippen molar-refractivity contribution in [2.24, 2.45) is 5.92 Å². The van der Waals surface area contributed by atoms with Gasteiger partial charge in [0.15, 0.2) is 0 Å². The maximum atomic E-state index is 9.63. The fourth-order valence-electron chi connectivity index (χ4n) is 2.70. The molecule has 2 unspecified atom stereocenters. The van der Waals surface area contributed by atoms with Crippen molar-refractivity contribution in [3.05, 3.63) is 22.4 Å². The van der Waals surface area contributed by atoms with Crippen LogP contribution in [-0.2, 0) is 6.54 Å². The summed E-state index contributed by atoms with van der Waals surface area (Å²) in [5.74, 6) is 0.732. The molecule has 0 radical (unpaired) electrons. The largest absolute Gasteiger partial charge is 0.394 e. The van der Waals surface area contributed by atoms with Crippen LogP contribution in [0.15, 0.2) is 16.8 Å². The first kappa shape index (κ1) is 12.1. The lowest BCUT2D eigenvalue weighted by molar-refractivity contribution is 0.0983. The molecule has 1 heterocycles. The molecule has 0 spiro atoms. The van der Waals surface area contributed by atoms with E-state index in [1.165, 1.54) is 18.4 Å². The molecule has 0 aromatic carbocycles. The third kappa shape index (κ3) is 2.84. The first-order valence-electron chi connectivity index (χ1n) is 6.11. The molecule has 1 aliphatic carbocycles. The van der Waals surface area contributed by atoms with Crippen LogP contribution in [0.25, 0.3) is 0 Å². The van der Waals surface area contributed by atoms with Crippen LogP contribution in [0.5, 0.6) is 0 Å². The predicted molar refractivity (Wildman–Crippen MR) is 68.6 cm³/mol. The van der Waals surface area contributed by atoms with Crippen molar-refractivity contribution < 1.29 is 5.11 Å². The lowest BCUT2D eigenvalue weighted by Crippen LogP contribution is -2.51. The Labute approximate surface area is 102 Å². The first-order chi connectivity index (χ1) is 7.74. The minimum Gasteiger partial charge on any atom is -0.394 e. The summed E-state index contributed by atoms with van der Waals surface area (Å²) in [5, 5.41) is 17.5. The molecule has 0 bridgehead atoms. The lowest BCUT2D eigenvalue weighted by Gasteiger charge is -2.39. The number of thiophene rings is 1. The number of aliphatic hydroxyl groups excluding tert-OH is 1. The van der Waals surface area contributed by atoms with E-state index < -0.39 is 0 Å². The Morgan fingerprint density at radius 2 is 2.50 bits per heavy atom. The maximum Gasteiger partial charge on any atom is 0.0613 e. The maximum absolute atomic E-state index is 9.63. The molecule has 3 heteroatoms. The minimum atomic E-state index is -0.0282. The van der Waals surface area contributed by atoms with Crippen LogP contribution in [0.4, 0.5) is 0 Å². The molecule has 1 fully saturated rings. The van der Waals surface area contributed by atoms with E-state index in [1.807, 2.05) is 0 Å². The van der Waals surface area contributed by atoms with Gasteiger partial charge in [0.1, 0.15) is 0 Å². The molecule has 90 valence electrons. The Balaban J connectivity index is 1.93. The van der Waals surface area contributed by atoms with Gasteiger partial charge >= 0.3 is 0 Å². The number of rotatable bonds is 4. The third-order valence-corrected chi connectivity index (χ3v) is 4.37. The zero-order valence-corrected chi connectivity index (χ0v) is 10.7. The molecule has 2 N–H and O–H groups in total. The summed E-state index contributed by atoms with van der Waals surface area (Å²) in [5.41, 5.74) is 1.30. The summed E-state index contributed by atoms with van der Waals surface area (Å²) in [7, 11) is 0. The smallest absolute Gasteiger partial charge is 0.0613 e. The summed E-state index contributed by atoms with van der Waals surface area (Å²) in [6, 6.07) is 2.15. The van der Waals surface area contributed by atoms with E-state index in [2.05, 4.69) is 29.1 Å². The Morgan fingerprint density at radius 1 is 1.62 bits per heavy atom. The van der Waals surface area contributed by atoms with Crippen molar-refractivity contribution in [2.45, 2.75) is 44.7 Å². The van der Waals surface area contributed by atoms with E-state index in [0.29, 0.717) is 0 Å². The van der Waals surface area contributed by atoms with Gasteiger partial charge in [-0.3, -0.25) is 0 Å². The van der Waals surface area contributed by atoms with Crippen molar-refractivity contribution >= 4 is 11.3 Å². The highest BCUT2D eigenvalue weighted by Crippen LogP contribution is 2.32. The van der Waals surface area contributed by atoms with Gasteiger partial charge in [0.25, 0.3) is 0 Å². The Morgan fingerprint density at radius 3 is 3.12 bits per heavy atom. The average Bonchev–Trinajstić information content (AvgIpc) is 2.79. The highest BCUT2D eigenvalue weighted by atomic mass is 32.1.